The van der Waals surface area contributed by atoms with Gasteiger partial charge in [-0.25, -0.2) is 9.67 Å². The summed E-state index contributed by atoms with van der Waals surface area (Å²) < 4.78 is 7.50. The van der Waals surface area contributed by atoms with Crippen molar-refractivity contribution < 1.29 is 14.0 Å². The summed E-state index contributed by atoms with van der Waals surface area (Å²) in [4.78, 5) is 29.9. The molecule has 0 bridgehead atoms. The van der Waals surface area contributed by atoms with Crippen LogP contribution < -0.4 is 10.6 Å². The van der Waals surface area contributed by atoms with Crippen LogP contribution in [-0.4, -0.2) is 26.6 Å². The molecule has 0 atom stereocenters. The fourth-order valence-electron chi connectivity index (χ4n) is 3.73. The Balaban J connectivity index is 1.76. The number of amides is 2. The summed E-state index contributed by atoms with van der Waals surface area (Å²) in [7, 11) is 0. The number of aromatic nitrogens is 3. The molecule has 0 saturated heterocycles. The molecule has 0 aliphatic rings. The molecule has 170 valence electrons. The summed E-state index contributed by atoms with van der Waals surface area (Å²) in [5, 5.41) is 10.9. The fourth-order valence-corrected chi connectivity index (χ4v) is 3.73. The molecule has 0 fully saturated rings. The van der Waals surface area contributed by atoms with Gasteiger partial charge in [-0.05, 0) is 58.0 Å². The number of furan rings is 1. The van der Waals surface area contributed by atoms with Crippen molar-refractivity contribution in [2.24, 2.45) is 0 Å². The number of hydrogen-bond acceptors (Lipinski definition) is 5. The van der Waals surface area contributed by atoms with Gasteiger partial charge < -0.3 is 15.1 Å². The second-order valence-corrected chi connectivity index (χ2v) is 8.24. The Morgan fingerprint density at radius 3 is 2.45 bits per heavy atom. The highest BCUT2D eigenvalue weighted by molar-refractivity contribution is 6.12. The van der Waals surface area contributed by atoms with E-state index >= 15 is 0 Å². The normalized spacial score (nSPS) is 11.2. The topological polar surface area (TPSA) is 102 Å². The Bertz CT molecular complexity index is 1350. The zero-order valence-electron chi connectivity index (χ0n) is 19.4. The first-order valence-electron chi connectivity index (χ1n) is 10.9. The van der Waals surface area contributed by atoms with Crippen LogP contribution in [0.4, 0.5) is 11.4 Å². The van der Waals surface area contributed by atoms with Gasteiger partial charge in [0, 0.05) is 29.4 Å². The highest BCUT2D eigenvalue weighted by atomic mass is 16.3. The van der Waals surface area contributed by atoms with Gasteiger partial charge in [0.05, 0.1) is 22.8 Å². The maximum absolute atomic E-state index is 13.4. The summed E-state index contributed by atoms with van der Waals surface area (Å²) in [5.41, 5.74) is 3.78. The van der Waals surface area contributed by atoms with Crippen molar-refractivity contribution in [2.75, 3.05) is 10.6 Å². The third-order valence-corrected chi connectivity index (χ3v) is 5.34. The summed E-state index contributed by atoms with van der Waals surface area (Å²) in [6, 6.07) is 10.8. The second-order valence-electron chi connectivity index (χ2n) is 8.24. The molecule has 0 saturated carbocycles. The molecule has 1 aromatic carbocycles. The van der Waals surface area contributed by atoms with E-state index in [0.717, 1.165) is 17.1 Å². The van der Waals surface area contributed by atoms with Gasteiger partial charge >= 0.3 is 0 Å². The van der Waals surface area contributed by atoms with Crippen molar-refractivity contribution in [1.29, 1.82) is 0 Å². The summed E-state index contributed by atoms with van der Waals surface area (Å²) in [5.74, 6) is 1.13. The lowest BCUT2D eigenvalue weighted by Gasteiger charge is -2.11. The van der Waals surface area contributed by atoms with E-state index < -0.39 is 0 Å². The van der Waals surface area contributed by atoms with Crippen LogP contribution in [0.2, 0.25) is 0 Å². The lowest BCUT2D eigenvalue weighted by Crippen LogP contribution is -2.14. The average Bonchev–Trinajstić information content (AvgIpc) is 3.35. The highest BCUT2D eigenvalue weighted by Crippen LogP contribution is 2.30. The number of fused-ring (bicyclic) bond motifs is 1. The van der Waals surface area contributed by atoms with E-state index in [9.17, 15) is 9.59 Å². The van der Waals surface area contributed by atoms with Crippen LogP contribution in [0.15, 0.2) is 47.0 Å². The standard InChI is InChI=1S/C25H27N5O3/c1-6-23(31)27-17-8-7-9-18(11-17)28-25(32)20-12-22(19-10-15(4)33-16(19)5)29-24-21(20)13-26-30(24)14(2)3/h7-14H,6H2,1-5H3,(H,27,31)(H,28,32). The third-order valence-electron chi connectivity index (χ3n) is 5.34. The summed E-state index contributed by atoms with van der Waals surface area (Å²) in [6.45, 7) is 9.58. The molecular weight excluding hydrogens is 418 g/mol. The summed E-state index contributed by atoms with van der Waals surface area (Å²) >= 11 is 0. The van der Waals surface area contributed by atoms with Gasteiger partial charge in [0.1, 0.15) is 11.5 Å². The van der Waals surface area contributed by atoms with Crippen molar-refractivity contribution in [3.63, 3.8) is 0 Å². The monoisotopic (exact) mass is 445 g/mol. The number of carbonyl (C=O) groups excluding carboxylic acids is 2. The number of nitrogens with one attached hydrogen (secondary N) is 2. The maximum atomic E-state index is 13.4. The van der Waals surface area contributed by atoms with Gasteiger partial charge in [0.25, 0.3) is 5.91 Å². The lowest BCUT2D eigenvalue weighted by atomic mass is 10.1. The van der Waals surface area contributed by atoms with Crippen LogP contribution in [-0.2, 0) is 4.79 Å². The molecule has 2 N–H and O–H groups in total. The zero-order valence-corrected chi connectivity index (χ0v) is 19.4. The SMILES string of the molecule is CCC(=O)Nc1cccc(NC(=O)c2cc(-c3cc(C)oc3C)nc3c2cnn3C(C)C)c1. The predicted molar refractivity (Wildman–Crippen MR) is 128 cm³/mol. The first kappa shape index (κ1) is 22.3. The molecular formula is C25H27N5O3. The number of carbonyl (C=O) groups is 2. The summed E-state index contributed by atoms with van der Waals surface area (Å²) in [6.07, 6.45) is 2.05. The number of nitrogens with zero attached hydrogens (tertiary/aromatic N) is 3. The van der Waals surface area contributed by atoms with E-state index in [1.807, 2.05) is 33.8 Å². The molecule has 8 heteroatoms. The van der Waals surface area contributed by atoms with Gasteiger partial charge in [-0.2, -0.15) is 5.10 Å². The minimum atomic E-state index is -0.288. The smallest absolute Gasteiger partial charge is 0.256 e. The number of pyridine rings is 1. The molecule has 0 unspecified atom stereocenters. The second kappa shape index (κ2) is 8.90. The van der Waals surface area contributed by atoms with E-state index in [4.69, 9.17) is 9.40 Å². The Morgan fingerprint density at radius 2 is 1.82 bits per heavy atom. The Kier molecular flexibility index (Phi) is 6.00. The van der Waals surface area contributed by atoms with Crippen LogP contribution in [0.1, 0.15) is 55.1 Å². The van der Waals surface area contributed by atoms with Crippen LogP contribution in [0.25, 0.3) is 22.3 Å². The largest absolute Gasteiger partial charge is 0.466 e. The van der Waals surface area contributed by atoms with E-state index in [0.29, 0.717) is 40.1 Å². The Hall–Kier alpha value is -3.94. The number of aryl methyl sites for hydroxylation is 2. The minimum absolute atomic E-state index is 0.0761. The van der Waals surface area contributed by atoms with Crippen LogP contribution in [0.3, 0.4) is 0 Å². The van der Waals surface area contributed by atoms with Gasteiger partial charge in [0.2, 0.25) is 5.91 Å². The minimum Gasteiger partial charge on any atom is -0.466 e. The molecule has 4 aromatic rings. The average molecular weight is 446 g/mol. The predicted octanol–water partition coefficient (Wildman–Crippen LogP) is 5.49. The van der Waals surface area contributed by atoms with E-state index in [1.54, 1.807) is 48.1 Å². The van der Waals surface area contributed by atoms with E-state index in [2.05, 4.69) is 15.7 Å². The van der Waals surface area contributed by atoms with Gasteiger partial charge in [-0.15, -0.1) is 0 Å². The fraction of sp³-hybridized carbons (Fsp3) is 0.280. The number of anilines is 2. The van der Waals surface area contributed by atoms with Crippen LogP contribution in [0.5, 0.6) is 0 Å². The lowest BCUT2D eigenvalue weighted by molar-refractivity contribution is -0.115. The maximum Gasteiger partial charge on any atom is 0.256 e. The molecule has 0 radical (unpaired) electrons. The van der Waals surface area contributed by atoms with Crippen molar-refractivity contribution >= 4 is 34.2 Å². The van der Waals surface area contributed by atoms with Gasteiger partial charge in [-0.3, -0.25) is 9.59 Å². The van der Waals surface area contributed by atoms with E-state index in [-0.39, 0.29) is 17.9 Å². The zero-order chi connectivity index (χ0) is 23.7. The quantitative estimate of drug-likeness (QED) is 0.409. The van der Waals surface area contributed by atoms with Gasteiger partial charge in [-0.1, -0.05) is 13.0 Å². The first-order valence-corrected chi connectivity index (χ1v) is 10.9. The van der Waals surface area contributed by atoms with Gasteiger partial charge in [0.15, 0.2) is 5.65 Å². The molecule has 3 aromatic heterocycles. The Morgan fingerprint density at radius 1 is 1.09 bits per heavy atom. The van der Waals surface area contributed by atoms with Crippen molar-refractivity contribution in [3.8, 4) is 11.3 Å². The molecule has 2 amide bonds. The van der Waals surface area contributed by atoms with Crippen LogP contribution in [0, 0.1) is 13.8 Å². The highest BCUT2D eigenvalue weighted by Gasteiger charge is 2.20. The third kappa shape index (κ3) is 4.50. The molecule has 0 aliphatic carbocycles. The first-order chi connectivity index (χ1) is 15.8. The Labute approximate surface area is 192 Å². The molecule has 3 heterocycles. The number of rotatable bonds is 6. The van der Waals surface area contributed by atoms with Crippen molar-refractivity contribution in [1.82, 2.24) is 14.8 Å². The van der Waals surface area contributed by atoms with Crippen molar-refractivity contribution in [2.45, 2.75) is 47.1 Å². The number of benzene rings is 1. The molecule has 0 spiro atoms. The molecule has 0 aliphatic heterocycles. The van der Waals surface area contributed by atoms with Crippen LogP contribution >= 0.6 is 0 Å². The molecule has 8 nitrogen and oxygen atoms in total. The van der Waals surface area contributed by atoms with Crippen molar-refractivity contribution in [3.05, 3.63) is 59.7 Å². The van der Waals surface area contributed by atoms with E-state index in [1.165, 1.54) is 0 Å². The number of hydrogen-bond donors (Lipinski definition) is 2. The molecule has 4 rings (SSSR count). The molecule has 33 heavy (non-hydrogen) atoms.